The van der Waals surface area contributed by atoms with Crippen molar-refractivity contribution < 1.29 is 14.6 Å². The van der Waals surface area contributed by atoms with Crippen LogP contribution < -0.4 is 5.32 Å². The number of ether oxygens (including phenoxy) is 1. The monoisotopic (exact) mass is 272 g/mol. The molecule has 1 aliphatic rings. The summed E-state index contributed by atoms with van der Waals surface area (Å²) in [5.74, 6) is -0.184. The second-order valence-corrected chi connectivity index (χ2v) is 5.83. The summed E-state index contributed by atoms with van der Waals surface area (Å²) in [6, 6.07) is 0.266. The van der Waals surface area contributed by atoms with Gasteiger partial charge in [0.05, 0.1) is 6.61 Å². The van der Waals surface area contributed by atoms with Crippen LogP contribution in [0.15, 0.2) is 0 Å². The number of carbonyl (C=O) groups is 1. The summed E-state index contributed by atoms with van der Waals surface area (Å²) in [5, 5.41) is 12.5. The Labute approximate surface area is 116 Å². The maximum Gasteiger partial charge on any atom is 0.323 e. The number of carboxylic acid groups (broad SMARTS) is 1. The van der Waals surface area contributed by atoms with Crippen LogP contribution >= 0.6 is 0 Å². The lowest BCUT2D eigenvalue weighted by atomic mass is 9.93. The van der Waals surface area contributed by atoms with E-state index >= 15 is 0 Å². The minimum absolute atomic E-state index is 0.266. The van der Waals surface area contributed by atoms with Gasteiger partial charge >= 0.3 is 5.97 Å². The molecule has 112 valence electrons. The van der Waals surface area contributed by atoms with Crippen molar-refractivity contribution in [2.75, 3.05) is 33.4 Å². The summed E-state index contributed by atoms with van der Waals surface area (Å²) < 4.78 is 5.20. The summed E-state index contributed by atoms with van der Waals surface area (Å²) in [4.78, 5) is 13.8. The molecule has 0 aromatic heterocycles. The standard InChI is InChI=1S/C14H28N2O3/c1-5-15-14(3,13(17)18)8-11(2)16-7-6-12(9-16)10-19-4/h11-12,15H,5-10H2,1-4H3,(H,17,18). The fourth-order valence-electron chi connectivity index (χ4n) is 2.98. The summed E-state index contributed by atoms with van der Waals surface area (Å²) in [5.41, 5.74) is -0.840. The lowest BCUT2D eigenvalue weighted by Crippen LogP contribution is -2.53. The highest BCUT2D eigenvalue weighted by Crippen LogP contribution is 2.23. The minimum Gasteiger partial charge on any atom is -0.480 e. The van der Waals surface area contributed by atoms with Crippen molar-refractivity contribution in [2.24, 2.45) is 5.92 Å². The molecule has 3 unspecified atom stereocenters. The SMILES string of the molecule is CCNC(C)(CC(C)N1CCC(COC)C1)C(=O)O. The number of likely N-dealkylation sites (N-methyl/N-ethyl adjacent to an activating group) is 1. The highest BCUT2D eigenvalue weighted by atomic mass is 16.5. The molecule has 0 amide bonds. The Morgan fingerprint density at radius 2 is 2.32 bits per heavy atom. The van der Waals surface area contributed by atoms with Gasteiger partial charge in [-0.05, 0) is 45.7 Å². The highest BCUT2D eigenvalue weighted by molar-refractivity contribution is 5.78. The van der Waals surface area contributed by atoms with Crippen LogP contribution in [-0.4, -0.2) is 60.9 Å². The van der Waals surface area contributed by atoms with Gasteiger partial charge in [0.15, 0.2) is 0 Å². The molecule has 19 heavy (non-hydrogen) atoms. The quantitative estimate of drug-likeness (QED) is 0.695. The molecule has 5 nitrogen and oxygen atoms in total. The molecule has 5 heteroatoms. The van der Waals surface area contributed by atoms with Crippen LogP contribution in [0.4, 0.5) is 0 Å². The van der Waals surface area contributed by atoms with Gasteiger partial charge in [0.25, 0.3) is 0 Å². The number of aliphatic carboxylic acids is 1. The fourth-order valence-corrected chi connectivity index (χ4v) is 2.98. The van der Waals surface area contributed by atoms with Crippen molar-refractivity contribution in [2.45, 2.75) is 45.2 Å². The molecule has 2 N–H and O–H groups in total. The van der Waals surface area contributed by atoms with E-state index in [1.807, 2.05) is 6.92 Å². The summed E-state index contributed by atoms with van der Waals surface area (Å²) >= 11 is 0. The molecule has 3 atom stereocenters. The van der Waals surface area contributed by atoms with Crippen molar-refractivity contribution in [3.63, 3.8) is 0 Å². The van der Waals surface area contributed by atoms with Crippen LogP contribution in [0.1, 0.15) is 33.6 Å². The second-order valence-electron chi connectivity index (χ2n) is 5.83. The molecule has 0 saturated carbocycles. The third-order valence-corrected chi connectivity index (χ3v) is 4.09. The van der Waals surface area contributed by atoms with E-state index in [0.717, 1.165) is 26.1 Å². The largest absolute Gasteiger partial charge is 0.480 e. The normalized spacial score (nSPS) is 25.2. The molecule has 0 aromatic rings. The lowest BCUT2D eigenvalue weighted by Gasteiger charge is -2.33. The van der Waals surface area contributed by atoms with Crippen molar-refractivity contribution in [3.8, 4) is 0 Å². The van der Waals surface area contributed by atoms with E-state index < -0.39 is 11.5 Å². The number of likely N-dealkylation sites (tertiary alicyclic amines) is 1. The van der Waals surface area contributed by atoms with Crippen molar-refractivity contribution in [1.29, 1.82) is 0 Å². The molecule has 0 bridgehead atoms. The maximum absolute atomic E-state index is 11.4. The second kappa shape index (κ2) is 7.22. The Balaban J connectivity index is 2.54. The van der Waals surface area contributed by atoms with E-state index in [9.17, 15) is 9.90 Å². The van der Waals surface area contributed by atoms with E-state index in [4.69, 9.17) is 4.74 Å². The highest BCUT2D eigenvalue weighted by Gasteiger charge is 2.36. The van der Waals surface area contributed by atoms with Crippen molar-refractivity contribution in [3.05, 3.63) is 0 Å². The first-order chi connectivity index (χ1) is 8.92. The molecule has 0 aliphatic carbocycles. The first-order valence-corrected chi connectivity index (χ1v) is 7.14. The number of hydrogen-bond donors (Lipinski definition) is 2. The van der Waals surface area contributed by atoms with Gasteiger partial charge in [-0.3, -0.25) is 4.79 Å². The molecule has 1 rings (SSSR count). The zero-order valence-electron chi connectivity index (χ0n) is 12.6. The molecular weight excluding hydrogens is 244 g/mol. The molecule has 1 saturated heterocycles. The summed E-state index contributed by atoms with van der Waals surface area (Å²) in [6.45, 7) is 9.35. The number of rotatable bonds is 8. The van der Waals surface area contributed by atoms with E-state index in [0.29, 0.717) is 18.9 Å². The number of nitrogens with zero attached hydrogens (tertiary/aromatic N) is 1. The third kappa shape index (κ3) is 4.44. The van der Waals surface area contributed by atoms with Crippen LogP contribution in [0, 0.1) is 5.92 Å². The molecule has 1 heterocycles. The Bertz CT molecular complexity index is 298. The number of nitrogens with one attached hydrogen (secondary N) is 1. The smallest absolute Gasteiger partial charge is 0.323 e. The van der Waals surface area contributed by atoms with Gasteiger partial charge < -0.3 is 20.1 Å². The van der Waals surface area contributed by atoms with Crippen LogP contribution in [0.5, 0.6) is 0 Å². The third-order valence-electron chi connectivity index (χ3n) is 4.09. The Kier molecular flexibility index (Phi) is 6.23. The van der Waals surface area contributed by atoms with Gasteiger partial charge in [0.1, 0.15) is 5.54 Å². The Morgan fingerprint density at radius 3 is 2.84 bits per heavy atom. The van der Waals surface area contributed by atoms with Gasteiger partial charge in [-0.25, -0.2) is 0 Å². The van der Waals surface area contributed by atoms with Crippen LogP contribution in [0.25, 0.3) is 0 Å². The first-order valence-electron chi connectivity index (χ1n) is 7.14. The summed E-state index contributed by atoms with van der Waals surface area (Å²) in [6.07, 6.45) is 1.76. The number of hydrogen-bond acceptors (Lipinski definition) is 4. The summed E-state index contributed by atoms with van der Waals surface area (Å²) in [7, 11) is 1.73. The van der Waals surface area contributed by atoms with Gasteiger partial charge in [0, 0.05) is 19.7 Å². The first kappa shape index (κ1) is 16.4. The predicted molar refractivity (Wildman–Crippen MR) is 75.4 cm³/mol. The van der Waals surface area contributed by atoms with Gasteiger partial charge in [-0.1, -0.05) is 6.92 Å². The van der Waals surface area contributed by atoms with E-state index in [-0.39, 0.29) is 6.04 Å². The zero-order chi connectivity index (χ0) is 14.5. The molecule has 0 aromatic carbocycles. The topological polar surface area (TPSA) is 61.8 Å². The average molecular weight is 272 g/mol. The van der Waals surface area contributed by atoms with E-state index in [2.05, 4.69) is 17.1 Å². The molecular formula is C14H28N2O3. The fraction of sp³-hybridized carbons (Fsp3) is 0.929. The average Bonchev–Trinajstić information content (AvgIpc) is 2.78. The van der Waals surface area contributed by atoms with Crippen LogP contribution in [0.2, 0.25) is 0 Å². The van der Waals surface area contributed by atoms with E-state index in [1.165, 1.54) is 0 Å². The van der Waals surface area contributed by atoms with Crippen LogP contribution in [-0.2, 0) is 9.53 Å². The molecule has 0 spiro atoms. The predicted octanol–water partition coefficient (Wildman–Crippen LogP) is 1.19. The Hall–Kier alpha value is -0.650. The van der Waals surface area contributed by atoms with Crippen molar-refractivity contribution >= 4 is 5.97 Å². The molecule has 1 fully saturated rings. The number of methoxy groups -OCH3 is 1. The van der Waals surface area contributed by atoms with Gasteiger partial charge in [-0.2, -0.15) is 0 Å². The molecule has 1 aliphatic heterocycles. The lowest BCUT2D eigenvalue weighted by molar-refractivity contribution is -0.145. The number of carboxylic acids is 1. The maximum atomic E-state index is 11.4. The van der Waals surface area contributed by atoms with Gasteiger partial charge in [-0.15, -0.1) is 0 Å². The Morgan fingerprint density at radius 1 is 1.63 bits per heavy atom. The van der Waals surface area contributed by atoms with Gasteiger partial charge in [0.2, 0.25) is 0 Å². The minimum atomic E-state index is -0.840. The zero-order valence-corrected chi connectivity index (χ0v) is 12.6. The van der Waals surface area contributed by atoms with Crippen molar-refractivity contribution in [1.82, 2.24) is 10.2 Å². The van der Waals surface area contributed by atoms with Crippen LogP contribution in [0.3, 0.4) is 0 Å². The molecule has 0 radical (unpaired) electrons. The van der Waals surface area contributed by atoms with E-state index in [1.54, 1.807) is 14.0 Å².